The maximum Gasteiger partial charge on any atom is 0.319 e. The van der Waals surface area contributed by atoms with E-state index >= 15 is 0 Å². The van der Waals surface area contributed by atoms with Crippen LogP contribution in [-0.4, -0.2) is 23.7 Å². The quantitative estimate of drug-likeness (QED) is 0.781. The maximum absolute atomic E-state index is 13.0. The maximum atomic E-state index is 13.0. The Bertz CT molecular complexity index is 556. The standard InChI is InChI=1S/C15H19FN2O3/c1-10-7-11(16)3-4-12(10)18-14(21)17-9-15(5-2-6-15)8-13(19)20/h3-4,7H,2,5-6,8-9H2,1H3,(H,19,20)(H2,17,18,21). The summed E-state index contributed by atoms with van der Waals surface area (Å²) in [7, 11) is 0. The van der Waals surface area contributed by atoms with Gasteiger partial charge in [-0.25, -0.2) is 9.18 Å². The molecule has 1 fully saturated rings. The van der Waals surface area contributed by atoms with Crippen molar-refractivity contribution >= 4 is 17.7 Å². The Morgan fingerprint density at radius 2 is 2.10 bits per heavy atom. The van der Waals surface area contributed by atoms with E-state index in [0.29, 0.717) is 17.8 Å². The lowest BCUT2D eigenvalue weighted by Crippen LogP contribution is -2.44. The van der Waals surface area contributed by atoms with Crippen molar-refractivity contribution in [2.24, 2.45) is 5.41 Å². The van der Waals surface area contributed by atoms with Gasteiger partial charge in [0.1, 0.15) is 5.82 Å². The molecular weight excluding hydrogens is 275 g/mol. The van der Waals surface area contributed by atoms with E-state index in [0.717, 1.165) is 19.3 Å². The van der Waals surface area contributed by atoms with Crippen LogP contribution in [-0.2, 0) is 4.79 Å². The minimum absolute atomic E-state index is 0.0723. The highest BCUT2D eigenvalue weighted by molar-refractivity contribution is 5.90. The zero-order chi connectivity index (χ0) is 15.5. The summed E-state index contributed by atoms with van der Waals surface area (Å²) in [5.74, 6) is -1.19. The number of carboxylic acids is 1. The Balaban J connectivity index is 1.88. The van der Waals surface area contributed by atoms with Crippen LogP contribution in [0.5, 0.6) is 0 Å². The molecule has 0 spiro atoms. The average Bonchev–Trinajstić information content (AvgIpc) is 2.35. The average molecular weight is 294 g/mol. The Hall–Kier alpha value is -2.11. The number of anilines is 1. The number of rotatable bonds is 5. The van der Waals surface area contributed by atoms with Gasteiger partial charge in [0.15, 0.2) is 0 Å². The number of benzene rings is 1. The minimum Gasteiger partial charge on any atom is -0.481 e. The summed E-state index contributed by atoms with van der Waals surface area (Å²) in [5.41, 5.74) is 0.852. The van der Waals surface area contributed by atoms with Crippen molar-refractivity contribution < 1.29 is 19.1 Å². The van der Waals surface area contributed by atoms with Crippen molar-refractivity contribution in [3.8, 4) is 0 Å². The molecule has 2 rings (SSSR count). The molecule has 0 aliphatic heterocycles. The topological polar surface area (TPSA) is 78.4 Å². The number of aliphatic carboxylic acids is 1. The summed E-state index contributed by atoms with van der Waals surface area (Å²) in [5, 5.41) is 14.3. The molecule has 5 nitrogen and oxygen atoms in total. The van der Waals surface area contributed by atoms with E-state index in [9.17, 15) is 14.0 Å². The summed E-state index contributed by atoms with van der Waals surface area (Å²) in [6.45, 7) is 2.04. The molecule has 0 atom stereocenters. The smallest absolute Gasteiger partial charge is 0.319 e. The van der Waals surface area contributed by atoms with Gasteiger partial charge in [0.2, 0.25) is 0 Å². The first-order valence-electron chi connectivity index (χ1n) is 6.93. The molecule has 1 aliphatic rings. The highest BCUT2D eigenvalue weighted by atomic mass is 19.1. The molecule has 0 saturated heterocycles. The van der Waals surface area contributed by atoms with Gasteiger partial charge in [0, 0.05) is 12.2 Å². The zero-order valence-corrected chi connectivity index (χ0v) is 11.9. The molecular formula is C15H19FN2O3. The van der Waals surface area contributed by atoms with Gasteiger partial charge in [0.05, 0.1) is 6.42 Å². The summed E-state index contributed by atoms with van der Waals surface area (Å²) in [6, 6.07) is 3.72. The predicted molar refractivity (Wildman–Crippen MR) is 76.7 cm³/mol. The third kappa shape index (κ3) is 3.93. The Morgan fingerprint density at radius 3 is 2.62 bits per heavy atom. The molecule has 1 saturated carbocycles. The molecule has 3 N–H and O–H groups in total. The Morgan fingerprint density at radius 1 is 1.38 bits per heavy atom. The van der Waals surface area contributed by atoms with Crippen LogP contribution in [0.25, 0.3) is 0 Å². The van der Waals surface area contributed by atoms with Gasteiger partial charge in [-0.3, -0.25) is 4.79 Å². The largest absolute Gasteiger partial charge is 0.481 e. The number of urea groups is 1. The van der Waals surface area contributed by atoms with Crippen LogP contribution >= 0.6 is 0 Å². The van der Waals surface area contributed by atoms with Gasteiger partial charge in [-0.15, -0.1) is 0 Å². The fourth-order valence-corrected chi connectivity index (χ4v) is 2.62. The molecule has 21 heavy (non-hydrogen) atoms. The highest BCUT2D eigenvalue weighted by Crippen LogP contribution is 2.43. The van der Waals surface area contributed by atoms with Crippen LogP contribution in [0, 0.1) is 18.2 Å². The van der Waals surface area contributed by atoms with Gasteiger partial charge in [0.25, 0.3) is 0 Å². The molecule has 1 aliphatic carbocycles. The van der Waals surface area contributed by atoms with Crippen LogP contribution in [0.2, 0.25) is 0 Å². The van der Waals surface area contributed by atoms with E-state index in [2.05, 4.69) is 10.6 Å². The fourth-order valence-electron chi connectivity index (χ4n) is 2.62. The van der Waals surface area contributed by atoms with E-state index in [-0.39, 0.29) is 17.7 Å². The lowest BCUT2D eigenvalue weighted by Gasteiger charge is -2.40. The second-order valence-corrected chi connectivity index (χ2v) is 5.69. The summed E-state index contributed by atoms with van der Waals surface area (Å²) < 4.78 is 13.0. The summed E-state index contributed by atoms with van der Waals surface area (Å²) in [6.07, 6.45) is 2.70. The van der Waals surface area contributed by atoms with Crippen molar-refractivity contribution in [3.05, 3.63) is 29.6 Å². The van der Waals surface area contributed by atoms with Crippen LogP contribution in [0.1, 0.15) is 31.2 Å². The third-order valence-electron chi connectivity index (χ3n) is 4.00. The van der Waals surface area contributed by atoms with Crippen LogP contribution in [0.4, 0.5) is 14.9 Å². The normalized spacial score (nSPS) is 15.9. The molecule has 114 valence electrons. The summed E-state index contributed by atoms with van der Waals surface area (Å²) in [4.78, 5) is 22.7. The lowest BCUT2D eigenvalue weighted by molar-refractivity contribution is -0.141. The molecule has 1 aromatic carbocycles. The number of hydrogen-bond donors (Lipinski definition) is 3. The minimum atomic E-state index is -0.841. The molecule has 1 aromatic rings. The molecule has 0 unspecified atom stereocenters. The molecule has 0 aromatic heterocycles. The fraction of sp³-hybridized carbons (Fsp3) is 0.467. The Labute approximate surface area is 122 Å². The molecule has 0 heterocycles. The molecule has 6 heteroatoms. The monoisotopic (exact) mass is 294 g/mol. The number of carboxylic acid groups (broad SMARTS) is 1. The van der Waals surface area contributed by atoms with Crippen LogP contribution < -0.4 is 10.6 Å². The second-order valence-electron chi connectivity index (χ2n) is 5.69. The number of carbonyl (C=O) groups is 2. The number of aryl methyl sites for hydroxylation is 1. The first-order chi connectivity index (χ1) is 9.90. The van der Waals surface area contributed by atoms with Gasteiger partial charge < -0.3 is 15.7 Å². The first kappa shape index (κ1) is 15.3. The highest BCUT2D eigenvalue weighted by Gasteiger charge is 2.39. The first-order valence-corrected chi connectivity index (χ1v) is 6.93. The van der Waals surface area contributed by atoms with E-state index in [1.54, 1.807) is 6.92 Å². The molecule has 0 bridgehead atoms. The third-order valence-corrected chi connectivity index (χ3v) is 4.00. The number of nitrogens with one attached hydrogen (secondary N) is 2. The van der Waals surface area contributed by atoms with E-state index in [1.807, 2.05) is 0 Å². The van der Waals surface area contributed by atoms with Crippen LogP contribution in [0.15, 0.2) is 18.2 Å². The van der Waals surface area contributed by atoms with Gasteiger partial charge in [-0.2, -0.15) is 0 Å². The zero-order valence-electron chi connectivity index (χ0n) is 11.9. The van der Waals surface area contributed by atoms with Gasteiger partial charge >= 0.3 is 12.0 Å². The number of amides is 2. The SMILES string of the molecule is Cc1cc(F)ccc1NC(=O)NCC1(CC(=O)O)CCC1. The predicted octanol–water partition coefficient (Wildman–Crippen LogP) is 2.90. The number of carbonyl (C=O) groups excluding carboxylic acids is 1. The Kier molecular flexibility index (Phi) is 4.45. The van der Waals surface area contributed by atoms with Gasteiger partial charge in [-0.1, -0.05) is 6.42 Å². The van der Waals surface area contributed by atoms with E-state index < -0.39 is 12.0 Å². The van der Waals surface area contributed by atoms with Crippen LogP contribution in [0.3, 0.4) is 0 Å². The van der Waals surface area contributed by atoms with Crippen molar-refractivity contribution in [1.82, 2.24) is 5.32 Å². The number of hydrogen-bond acceptors (Lipinski definition) is 2. The molecule has 2 amide bonds. The lowest BCUT2D eigenvalue weighted by atomic mass is 9.66. The van der Waals surface area contributed by atoms with Crippen molar-refractivity contribution in [2.75, 3.05) is 11.9 Å². The second kappa shape index (κ2) is 6.11. The van der Waals surface area contributed by atoms with Crippen molar-refractivity contribution in [1.29, 1.82) is 0 Å². The molecule has 0 radical (unpaired) electrons. The summed E-state index contributed by atoms with van der Waals surface area (Å²) >= 11 is 0. The van der Waals surface area contributed by atoms with Gasteiger partial charge in [-0.05, 0) is 48.9 Å². The van der Waals surface area contributed by atoms with E-state index in [4.69, 9.17) is 5.11 Å². The number of halogens is 1. The van der Waals surface area contributed by atoms with E-state index in [1.165, 1.54) is 18.2 Å². The van der Waals surface area contributed by atoms with Crippen molar-refractivity contribution in [3.63, 3.8) is 0 Å². The van der Waals surface area contributed by atoms with Crippen molar-refractivity contribution in [2.45, 2.75) is 32.6 Å².